The number of hydrogen-bond donors (Lipinski definition) is 1. The molecule has 0 unspecified atom stereocenters. The van der Waals surface area contributed by atoms with E-state index in [0.29, 0.717) is 35.6 Å². The van der Waals surface area contributed by atoms with E-state index in [1.54, 1.807) is 19.2 Å². The van der Waals surface area contributed by atoms with Gasteiger partial charge in [0.1, 0.15) is 5.03 Å². The van der Waals surface area contributed by atoms with Crippen LogP contribution in [0.2, 0.25) is 5.02 Å². The maximum absolute atomic E-state index is 13.7. The van der Waals surface area contributed by atoms with Crippen LogP contribution in [0.1, 0.15) is 58.8 Å². The molecule has 1 aromatic carbocycles. The topological polar surface area (TPSA) is 72.5 Å². The average Bonchev–Trinajstić information content (AvgIpc) is 3.19. The lowest BCUT2D eigenvalue weighted by Crippen LogP contribution is -2.48. The van der Waals surface area contributed by atoms with Crippen molar-refractivity contribution in [1.29, 1.82) is 0 Å². The van der Waals surface area contributed by atoms with Crippen LogP contribution in [0, 0.1) is 28.6 Å². The normalized spacial score (nSPS) is 35.6. The lowest BCUT2D eigenvalue weighted by atomic mass is 9.48. The molecule has 1 N–H and O–H groups in total. The van der Waals surface area contributed by atoms with Crippen molar-refractivity contribution in [2.45, 2.75) is 63.7 Å². The number of amides is 1. The highest BCUT2D eigenvalue weighted by atomic mass is 35.5. The van der Waals surface area contributed by atoms with E-state index < -0.39 is 9.84 Å². The molecular weight excluding hydrogens is 482 g/mol. The number of carbonyl (C=O) groups is 1. The van der Waals surface area contributed by atoms with E-state index in [4.69, 9.17) is 16.3 Å². The van der Waals surface area contributed by atoms with Crippen molar-refractivity contribution in [3.8, 4) is 0 Å². The fourth-order valence-electron chi connectivity index (χ4n) is 7.76. The number of allylic oxidation sites excluding steroid dienone is 5. The molecule has 0 saturated heterocycles. The summed E-state index contributed by atoms with van der Waals surface area (Å²) in [4.78, 5) is 11.7. The van der Waals surface area contributed by atoms with Crippen molar-refractivity contribution < 1.29 is 17.9 Å². The third kappa shape index (κ3) is 3.79. The lowest BCUT2D eigenvalue weighted by Gasteiger charge is -2.56. The molecule has 2 saturated carbocycles. The van der Waals surface area contributed by atoms with Gasteiger partial charge in [-0.3, -0.25) is 4.79 Å². The van der Waals surface area contributed by atoms with Gasteiger partial charge in [0.2, 0.25) is 16.2 Å². The third-order valence-electron chi connectivity index (χ3n) is 9.64. The number of rotatable bonds is 5. The molecule has 0 aliphatic heterocycles. The van der Waals surface area contributed by atoms with Gasteiger partial charge < -0.3 is 10.1 Å². The van der Waals surface area contributed by atoms with Crippen LogP contribution in [0.25, 0.3) is 0 Å². The van der Waals surface area contributed by atoms with Crippen LogP contribution in [-0.4, -0.2) is 21.9 Å². The highest BCUT2D eigenvalue weighted by Gasteiger charge is 2.57. The van der Waals surface area contributed by atoms with Crippen molar-refractivity contribution in [1.82, 2.24) is 5.32 Å². The summed E-state index contributed by atoms with van der Waals surface area (Å²) in [5, 5.41) is 3.16. The smallest absolute Gasteiger partial charge is 0.221 e. The minimum atomic E-state index is -3.88. The van der Waals surface area contributed by atoms with Crippen LogP contribution < -0.4 is 5.32 Å². The minimum Gasteiger partial charge on any atom is -0.501 e. The molecule has 5 nitrogen and oxygen atoms in total. The molecule has 5 rings (SSSR count). The van der Waals surface area contributed by atoms with E-state index in [2.05, 4.69) is 31.3 Å². The van der Waals surface area contributed by atoms with Crippen LogP contribution in [0.3, 0.4) is 0 Å². The van der Waals surface area contributed by atoms with Gasteiger partial charge in [0, 0.05) is 11.4 Å². The fourth-order valence-corrected chi connectivity index (χ4v) is 9.48. The molecule has 0 spiro atoms. The van der Waals surface area contributed by atoms with E-state index in [0.717, 1.165) is 49.9 Å². The van der Waals surface area contributed by atoms with Crippen LogP contribution in [-0.2, 0) is 19.4 Å². The molecule has 0 radical (unpaired) electrons. The van der Waals surface area contributed by atoms with E-state index in [9.17, 15) is 13.2 Å². The molecule has 7 heteroatoms. The number of halogens is 1. The highest BCUT2D eigenvalue weighted by molar-refractivity contribution is 7.95. The fraction of sp³-hybridized carbons (Fsp3) is 0.536. The zero-order valence-corrected chi connectivity index (χ0v) is 22.2. The molecule has 4 aliphatic carbocycles. The van der Waals surface area contributed by atoms with Gasteiger partial charge in [0.25, 0.3) is 0 Å². The van der Waals surface area contributed by atoms with Gasteiger partial charge in [0.15, 0.2) is 0 Å². The van der Waals surface area contributed by atoms with Crippen LogP contribution in [0.15, 0.2) is 63.2 Å². The van der Waals surface area contributed by atoms with Crippen molar-refractivity contribution in [2.75, 3.05) is 7.11 Å². The summed E-state index contributed by atoms with van der Waals surface area (Å²) in [5.41, 5.74) is 2.18. The van der Waals surface area contributed by atoms with Gasteiger partial charge in [-0.25, -0.2) is 8.42 Å². The number of fused-ring (bicyclic) bond motifs is 5. The average molecular weight is 516 g/mol. The van der Waals surface area contributed by atoms with Gasteiger partial charge in [-0.05, 0) is 109 Å². The highest BCUT2D eigenvalue weighted by Crippen LogP contribution is 2.66. The Morgan fingerprint density at radius 1 is 1.09 bits per heavy atom. The molecule has 35 heavy (non-hydrogen) atoms. The van der Waals surface area contributed by atoms with Gasteiger partial charge in [-0.1, -0.05) is 31.5 Å². The van der Waals surface area contributed by atoms with E-state index in [1.807, 2.05) is 0 Å². The molecule has 5 atom stereocenters. The molecular formula is C28H34ClNO4S. The van der Waals surface area contributed by atoms with E-state index in [-0.39, 0.29) is 20.8 Å². The molecule has 4 aliphatic rings. The number of methoxy groups -OCH3 is 1. The second kappa shape index (κ2) is 8.81. The van der Waals surface area contributed by atoms with Gasteiger partial charge in [-0.15, -0.1) is 0 Å². The largest absolute Gasteiger partial charge is 0.501 e. The first kappa shape index (κ1) is 24.6. The maximum Gasteiger partial charge on any atom is 0.221 e. The quantitative estimate of drug-likeness (QED) is 0.475. The van der Waals surface area contributed by atoms with E-state index >= 15 is 0 Å². The SMILES string of the molecule is COC1=CC2=CC[C@@H]3[C@H](CC[C@]4(C)/C(=C(/NC=O)S(=O)(=O)c5ccc(Cl)cc5)CC[C@@H]34)[C@@]2(C)CC1. The summed E-state index contributed by atoms with van der Waals surface area (Å²) in [6, 6.07) is 6.16. The number of hydrogen-bond acceptors (Lipinski definition) is 4. The van der Waals surface area contributed by atoms with Crippen LogP contribution >= 0.6 is 11.6 Å². The Morgan fingerprint density at radius 2 is 1.80 bits per heavy atom. The Kier molecular flexibility index (Phi) is 6.20. The molecule has 2 fully saturated rings. The monoisotopic (exact) mass is 515 g/mol. The van der Waals surface area contributed by atoms with Crippen molar-refractivity contribution >= 4 is 27.8 Å². The van der Waals surface area contributed by atoms with Crippen molar-refractivity contribution in [2.24, 2.45) is 28.6 Å². The van der Waals surface area contributed by atoms with Gasteiger partial charge >= 0.3 is 0 Å². The number of carbonyl (C=O) groups excluding carboxylic acids is 1. The first-order valence-corrected chi connectivity index (χ1v) is 14.4. The summed E-state index contributed by atoms with van der Waals surface area (Å²) in [6.45, 7) is 4.64. The summed E-state index contributed by atoms with van der Waals surface area (Å²) in [6.07, 6.45) is 11.8. The summed E-state index contributed by atoms with van der Waals surface area (Å²) in [7, 11) is -2.12. The van der Waals surface area contributed by atoms with Crippen LogP contribution in [0.5, 0.6) is 0 Å². The molecule has 0 aromatic heterocycles. The van der Waals surface area contributed by atoms with Crippen molar-refractivity contribution in [3.63, 3.8) is 0 Å². The third-order valence-corrected chi connectivity index (χ3v) is 11.7. The first-order valence-electron chi connectivity index (χ1n) is 12.5. The summed E-state index contributed by atoms with van der Waals surface area (Å²) >= 11 is 5.99. The second-order valence-electron chi connectivity index (χ2n) is 11.0. The molecule has 1 aromatic rings. The Balaban J connectivity index is 1.54. The zero-order chi connectivity index (χ0) is 25.0. The predicted molar refractivity (Wildman–Crippen MR) is 137 cm³/mol. The zero-order valence-electron chi connectivity index (χ0n) is 20.6. The number of sulfone groups is 1. The maximum atomic E-state index is 13.7. The minimum absolute atomic E-state index is 0.0712. The molecule has 1 amide bonds. The first-order chi connectivity index (χ1) is 16.6. The number of ether oxygens (including phenoxy) is 1. The lowest BCUT2D eigenvalue weighted by molar-refractivity contribution is -0.108. The Hall–Kier alpha value is -2.05. The molecule has 0 bridgehead atoms. The number of benzene rings is 1. The molecule has 0 heterocycles. The standard InChI is InChI=1S/C28H34ClNO4S/c1-27-14-12-20(34-3)16-18(27)4-9-22-23-10-11-25(28(23,2)15-13-24(22)27)26(30-17-31)35(32,33)21-7-5-19(29)6-8-21/h4-8,16-17,22-24H,9-15H2,1-3H3,(H,30,31)/b26-25-/t22-,23-,24-,27-,28-/m0/s1. The Labute approximate surface area is 213 Å². The van der Waals surface area contributed by atoms with Crippen LogP contribution in [0.4, 0.5) is 0 Å². The molecule has 188 valence electrons. The number of nitrogens with one attached hydrogen (secondary N) is 1. The predicted octanol–water partition coefficient (Wildman–Crippen LogP) is 6.17. The Bertz CT molecular complexity index is 1230. The van der Waals surface area contributed by atoms with Gasteiger partial charge in [-0.2, -0.15) is 0 Å². The second-order valence-corrected chi connectivity index (χ2v) is 13.3. The van der Waals surface area contributed by atoms with E-state index in [1.165, 1.54) is 17.7 Å². The van der Waals surface area contributed by atoms with Gasteiger partial charge in [0.05, 0.1) is 17.8 Å². The Morgan fingerprint density at radius 3 is 2.49 bits per heavy atom. The summed E-state index contributed by atoms with van der Waals surface area (Å²) in [5.74, 6) is 2.54. The van der Waals surface area contributed by atoms with Crippen molar-refractivity contribution in [3.05, 3.63) is 63.4 Å². The summed E-state index contributed by atoms with van der Waals surface area (Å²) < 4.78 is 32.9.